The maximum Gasteiger partial charge on any atom is 0.411 e. The fourth-order valence-corrected chi connectivity index (χ4v) is 3.35. The van der Waals surface area contributed by atoms with E-state index in [1.54, 1.807) is 10.3 Å². The van der Waals surface area contributed by atoms with Crippen LogP contribution in [0, 0.1) is 0 Å². The summed E-state index contributed by atoms with van der Waals surface area (Å²) < 4.78 is 40.5. The zero-order valence-corrected chi connectivity index (χ0v) is 14.7. The highest BCUT2D eigenvalue weighted by Gasteiger charge is 2.27. The van der Waals surface area contributed by atoms with Crippen molar-refractivity contribution in [3.05, 3.63) is 16.1 Å². The Kier molecular flexibility index (Phi) is 7.60. The fraction of sp³-hybridized carbons (Fsp3) is 0.733. The molecule has 1 aromatic heterocycles. The van der Waals surface area contributed by atoms with Crippen LogP contribution in [0.1, 0.15) is 21.9 Å². The quantitative estimate of drug-likeness (QED) is 0.690. The van der Waals surface area contributed by atoms with Gasteiger partial charge in [0.1, 0.15) is 12.3 Å². The first kappa shape index (κ1) is 20.1. The molecule has 0 aromatic carbocycles. The highest BCUT2D eigenvalue weighted by molar-refractivity contribution is 7.09. The number of rotatable bonds is 8. The van der Waals surface area contributed by atoms with Crippen LogP contribution in [-0.4, -0.2) is 79.3 Å². The van der Waals surface area contributed by atoms with Crippen LogP contribution in [0.2, 0.25) is 0 Å². The molecule has 1 fully saturated rings. The van der Waals surface area contributed by atoms with Crippen molar-refractivity contribution in [1.82, 2.24) is 14.8 Å². The standard InChI is InChI=1S/C15H23F3N4O2S/c16-15(17,18)11-24-9-1-4-21-5-7-22(8-6-21)14(23)12-10-25-13(20-12)2-3-19/h10H,1-9,11,19H2. The van der Waals surface area contributed by atoms with Gasteiger partial charge in [-0.05, 0) is 13.0 Å². The topological polar surface area (TPSA) is 71.7 Å². The molecule has 0 spiro atoms. The number of carbonyl (C=O) groups is 1. The molecule has 2 N–H and O–H groups in total. The van der Waals surface area contributed by atoms with Crippen molar-refractivity contribution < 1.29 is 22.7 Å². The molecule has 0 atom stereocenters. The SMILES string of the molecule is NCCc1nc(C(=O)N2CCN(CCCOCC(F)(F)F)CC2)cs1. The molecule has 1 saturated heterocycles. The van der Waals surface area contributed by atoms with Crippen LogP contribution in [0.5, 0.6) is 0 Å². The lowest BCUT2D eigenvalue weighted by atomic mass is 10.2. The first-order valence-corrected chi connectivity index (χ1v) is 9.07. The predicted molar refractivity (Wildman–Crippen MR) is 88.7 cm³/mol. The molecule has 6 nitrogen and oxygen atoms in total. The third-order valence-electron chi connectivity index (χ3n) is 3.82. The molecule has 0 saturated carbocycles. The number of halogens is 3. The summed E-state index contributed by atoms with van der Waals surface area (Å²) in [5.74, 6) is -0.0762. The number of thiazole rings is 1. The van der Waals surface area contributed by atoms with E-state index in [0.29, 0.717) is 57.8 Å². The number of alkyl halides is 3. The summed E-state index contributed by atoms with van der Waals surface area (Å²) in [6.07, 6.45) is -3.06. The van der Waals surface area contributed by atoms with Crippen LogP contribution < -0.4 is 5.73 Å². The Hall–Kier alpha value is -1.23. The molecule has 1 aromatic rings. The van der Waals surface area contributed by atoms with E-state index >= 15 is 0 Å². The van der Waals surface area contributed by atoms with Crippen molar-refractivity contribution in [2.24, 2.45) is 5.73 Å². The van der Waals surface area contributed by atoms with E-state index in [9.17, 15) is 18.0 Å². The number of ether oxygens (including phenoxy) is 1. The average Bonchev–Trinajstić information content (AvgIpc) is 3.02. The third-order valence-corrected chi connectivity index (χ3v) is 4.73. The minimum absolute atomic E-state index is 0.0762. The second-order valence-corrected chi connectivity index (χ2v) is 6.76. The van der Waals surface area contributed by atoms with Gasteiger partial charge >= 0.3 is 6.18 Å². The number of hydrogen-bond acceptors (Lipinski definition) is 6. The first-order chi connectivity index (χ1) is 11.9. The third kappa shape index (κ3) is 6.89. The maximum absolute atomic E-state index is 12.4. The van der Waals surface area contributed by atoms with Gasteiger partial charge in [0.2, 0.25) is 0 Å². The Morgan fingerprint density at radius 1 is 1.32 bits per heavy atom. The summed E-state index contributed by atoms with van der Waals surface area (Å²) in [7, 11) is 0. The number of amides is 1. The van der Waals surface area contributed by atoms with Gasteiger partial charge in [0, 0.05) is 51.1 Å². The Balaban J connectivity index is 1.66. The zero-order chi connectivity index (χ0) is 18.3. The van der Waals surface area contributed by atoms with Gasteiger partial charge in [0.15, 0.2) is 0 Å². The lowest BCUT2D eigenvalue weighted by Gasteiger charge is -2.34. The molecule has 2 rings (SSSR count). The molecule has 1 aliphatic rings. The second kappa shape index (κ2) is 9.46. The zero-order valence-electron chi connectivity index (χ0n) is 13.9. The van der Waals surface area contributed by atoms with Gasteiger partial charge in [-0.2, -0.15) is 13.2 Å². The van der Waals surface area contributed by atoms with E-state index in [0.717, 1.165) is 5.01 Å². The van der Waals surface area contributed by atoms with Gasteiger partial charge < -0.3 is 15.4 Å². The second-order valence-electron chi connectivity index (χ2n) is 5.82. The maximum atomic E-state index is 12.4. The summed E-state index contributed by atoms with van der Waals surface area (Å²) in [6.45, 7) is 2.63. The molecule has 1 amide bonds. The first-order valence-electron chi connectivity index (χ1n) is 8.19. The van der Waals surface area contributed by atoms with Crippen LogP contribution in [-0.2, 0) is 11.2 Å². The highest BCUT2D eigenvalue weighted by Crippen LogP contribution is 2.15. The predicted octanol–water partition coefficient (Wildman–Crippen LogP) is 1.37. The van der Waals surface area contributed by atoms with Gasteiger partial charge in [-0.1, -0.05) is 0 Å². The Morgan fingerprint density at radius 2 is 2.04 bits per heavy atom. The van der Waals surface area contributed by atoms with Crippen molar-refractivity contribution in [3.63, 3.8) is 0 Å². The lowest BCUT2D eigenvalue weighted by Crippen LogP contribution is -2.49. The summed E-state index contributed by atoms with van der Waals surface area (Å²) in [5.41, 5.74) is 5.95. The van der Waals surface area contributed by atoms with E-state index < -0.39 is 12.8 Å². The van der Waals surface area contributed by atoms with Crippen LogP contribution >= 0.6 is 11.3 Å². The number of piperazine rings is 1. The van der Waals surface area contributed by atoms with Gasteiger partial charge in [0.25, 0.3) is 5.91 Å². The minimum atomic E-state index is -4.27. The number of nitrogens with two attached hydrogens (primary N) is 1. The van der Waals surface area contributed by atoms with Gasteiger partial charge in [0.05, 0.1) is 5.01 Å². The number of nitrogens with zero attached hydrogens (tertiary/aromatic N) is 3. The van der Waals surface area contributed by atoms with Crippen molar-refractivity contribution in [3.8, 4) is 0 Å². The van der Waals surface area contributed by atoms with Crippen LogP contribution in [0.3, 0.4) is 0 Å². The molecule has 0 unspecified atom stereocenters. The van der Waals surface area contributed by atoms with E-state index in [1.807, 2.05) is 0 Å². The van der Waals surface area contributed by atoms with Gasteiger partial charge in [-0.25, -0.2) is 4.98 Å². The molecule has 0 bridgehead atoms. The molecule has 2 heterocycles. The molecule has 10 heteroatoms. The fourth-order valence-electron chi connectivity index (χ4n) is 2.56. The average molecular weight is 380 g/mol. The van der Waals surface area contributed by atoms with Gasteiger partial charge in [-0.15, -0.1) is 11.3 Å². The van der Waals surface area contributed by atoms with E-state index in [1.165, 1.54) is 11.3 Å². The van der Waals surface area contributed by atoms with Crippen molar-refractivity contribution >= 4 is 17.2 Å². The van der Waals surface area contributed by atoms with Crippen LogP contribution in [0.4, 0.5) is 13.2 Å². The normalized spacial score (nSPS) is 16.4. The molecular formula is C15H23F3N4O2S. The summed E-state index contributed by atoms with van der Waals surface area (Å²) in [6, 6.07) is 0. The van der Waals surface area contributed by atoms with Crippen molar-refractivity contribution in [2.75, 3.05) is 52.5 Å². The van der Waals surface area contributed by atoms with E-state index in [2.05, 4.69) is 14.6 Å². The Labute approximate surface area is 148 Å². The monoisotopic (exact) mass is 380 g/mol. The largest absolute Gasteiger partial charge is 0.411 e. The minimum Gasteiger partial charge on any atom is -0.372 e. The lowest BCUT2D eigenvalue weighted by molar-refractivity contribution is -0.174. The smallest absolute Gasteiger partial charge is 0.372 e. The van der Waals surface area contributed by atoms with Gasteiger partial charge in [-0.3, -0.25) is 9.69 Å². The molecular weight excluding hydrogens is 357 g/mol. The molecule has 1 aliphatic heterocycles. The molecule has 142 valence electrons. The molecule has 0 aliphatic carbocycles. The molecule has 25 heavy (non-hydrogen) atoms. The number of aromatic nitrogens is 1. The molecule has 0 radical (unpaired) electrons. The summed E-state index contributed by atoms with van der Waals surface area (Å²) in [5, 5.41) is 2.63. The van der Waals surface area contributed by atoms with Crippen molar-refractivity contribution in [1.29, 1.82) is 0 Å². The number of carbonyl (C=O) groups excluding carboxylic acids is 1. The van der Waals surface area contributed by atoms with E-state index in [-0.39, 0.29) is 12.5 Å². The van der Waals surface area contributed by atoms with E-state index in [4.69, 9.17) is 5.73 Å². The van der Waals surface area contributed by atoms with Crippen LogP contribution in [0.25, 0.3) is 0 Å². The summed E-state index contributed by atoms with van der Waals surface area (Å²) in [4.78, 5) is 20.6. The Morgan fingerprint density at radius 3 is 2.68 bits per heavy atom. The van der Waals surface area contributed by atoms with Crippen LogP contribution in [0.15, 0.2) is 5.38 Å². The summed E-state index contributed by atoms with van der Waals surface area (Å²) >= 11 is 1.44. The van der Waals surface area contributed by atoms with Crippen molar-refractivity contribution in [2.45, 2.75) is 19.0 Å². The highest BCUT2D eigenvalue weighted by atomic mass is 32.1. The Bertz CT molecular complexity index is 545. The number of hydrogen-bond donors (Lipinski definition) is 1.